The summed E-state index contributed by atoms with van der Waals surface area (Å²) in [6.45, 7) is 8.82. The van der Waals surface area contributed by atoms with E-state index in [-0.39, 0.29) is 11.3 Å². The minimum absolute atomic E-state index is 0.0646. The van der Waals surface area contributed by atoms with E-state index in [1.807, 2.05) is 24.3 Å². The van der Waals surface area contributed by atoms with E-state index in [9.17, 15) is 4.79 Å². The van der Waals surface area contributed by atoms with Crippen molar-refractivity contribution in [3.05, 3.63) is 68.9 Å². The summed E-state index contributed by atoms with van der Waals surface area (Å²) in [5.41, 5.74) is 14.6. The van der Waals surface area contributed by atoms with Gasteiger partial charge in [-0.05, 0) is 80.0 Å². The summed E-state index contributed by atoms with van der Waals surface area (Å²) in [5.74, 6) is 0.840. The van der Waals surface area contributed by atoms with Crippen LogP contribution >= 0.6 is 15.9 Å². The molecule has 0 spiro atoms. The highest BCUT2D eigenvalue weighted by molar-refractivity contribution is 9.10. The Morgan fingerprint density at radius 3 is 2.47 bits per heavy atom. The average Bonchev–Trinajstić information content (AvgIpc) is 3.01. The molecule has 1 fully saturated rings. The van der Waals surface area contributed by atoms with E-state index in [0.717, 1.165) is 34.0 Å². The summed E-state index contributed by atoms with van der Waals surface area (Å²) >= 11 is 3.50. The van der Waals surface area contributed by atoms with Gasteiger partial charge >= 0.3 is 6.03 Å². The molecular formula is C24H26BrN3O2. The van der Waals surface area contributed by atoms with Crippen LogP contribution in [0.2, 0.25) is 0 Å². The molecule has 0 bridgehead atoms. The fourth-order valence-corrected chi connectivity index (χ4v) is 5.54. The highest BCUT2D eigenvalue weighted by Crippen LogP contribution is 2.51. The number of rotatable bonds is 4. The average molecular weight is 468 g/mol. The number of nitrogens with one attached hydrogen (secondary N) is 1. The topological polar surface area (TPSA) is 80.6 Å². The molecule has 1 aliphatic carbocycles. The van der Waals surface area contributed by atoms with Crippen molar-refractivity contribution >= 4 is 38.6 Å². The Morgan fingerprint density at radius 1 is 1.17 bits per heavy atom. The molecule has 3 N–H and O–H groups in total. The Balaban J connectivity index is 1.67. The molecule has 1 heterocycles. The van der Waals surface area contributed by atoms with E-state index in [4.69, 9.17) is 10.2 Å². The number of fused-ring (bicyclic) bond motifs is 1. The number of primary amides is 1. The number of halogens is 1. The van der Waals surface area contributed by atoms with E-state index in [1.54, 1.807) is 0 Å². The number of hydrogen-bond donors (Lipinski definition) is 2. The normalized spacial score (nSPS) is 21.5. The summed E-state index contributed by atoms with van der Waals surface area (Å²) in [4.78, 5) is 11.3. The van der Waals surface area contributed by atoms with Gasteiger partial charge in [0.1, 0.15) is 11.3 Å². The first kappa shape index (κ1) is 20.7. The quantitative estimate of drug-likeness (QED) is 0.372. The fraction of sp³-hybridized carbons (Fsp3) is 0.333. The monoisotopic (exact) mass is 467 g/mol. The molecule has 2 amide bonds. The van der Waals surface area contributed by atoms with E-state index < -0.39 is 6.03 Å². The van der Waals surface area contributed by atoms with E-state index in [0.29, 0.717) is 5.76 Å². The second kappa shape index (κ2) is 7.58. The number of hydrazone groups is 1. The van der Waals surface area contributed by atoms with Gasteiger partial charge in [-0.15, -0.1) is 0 Å². The number of urea groups is 1. The molecule has 1 aromatic heterocycles. The second-order valence-corrected chi connectivity index (χ2v) is 9.62. The maximum Gasteiger partial charge on any atom is 0.332 e. The number of hydrogen-bond acceptors (Lipinski definition) is 3. The lowest BCUT2D eigenvalue weighted by molar-refractivity contribution is 0.214. The van der Waals surface area contributed by atoms with Crippen LogP contribution in [-0.4, -0.2) is 11.7 Å². The Hall–Kier alpha value is -2.60. The maximum atomic E-state index is 11.3. The molecule has 0 unspecified atom stereocenters. The van der Waals surface area contributed by atoms with Gasteiger partial charge in [0.05, 0.1) is 0 Å². The zero-order valence-corrected chi connectivity index (χ0v) is 19.3. The molecule has 6 heteroatoms. The molecule has 1 aliphatic rings. The van der Waals surface area contributed by atoms with Gasteiger partial charge < -0.3 is 10.2 Å². The van der Waals surface area contributed by atoms with Gasteiger partial charge in [-0.2, -0.15) is 5.10 Å². The Bertz CT molecular complexity index is 1150. The number of furan rings is 1. The van der Waals surface area contributed by atoms with Crippen LogP contribution in [0.1, 0.15) is 47.8 Å². The van der Waals surface area contributed by atoms with Crippen molar-refractivity contribution in [3.63, 3.8) is 0 Å². The van der Waals surface area contributed by atoms with Gasteiger partial charge in [0.25, 0.3) is 0 Å². The Kier molecular flexibility index (Phi) is 5.22. The van der Waals surface area contributed by atoms with E-state index in [2.05, 4.69) is 66.3 Å². The molecular weight excluding hydrogens is 442 g/mol. The molecule has 2 aromatic carbocycles. The molecule has 4 rings (SSSR count). The van der Waals surface area contributed by atoms with Crippen LogP contribution in [0.4, 0.5) is 4.79 Å². The van der Waals surface area contributed by atoms with Crippen molar-refractivity contribution in [2.75, 3.05) is 0 Å². The Labute approximate surface area is 184 Å². The van der Waals surface area contributed by atoms with Gasteiger partial charge in [0.15, 0.2) is 5.76 Å². The first-order valence-corrected chi connectivity index (χ1v) is 10.9. The maximum absolute atomic E-state index is 11.3. The Morgan fingerprint density at radius 2 is 1.83 bits per heavy atom. The number of carbonyl (C=O) groups excluding carboxylic acids is 1. The van der Waals surface area contributed by atoms with Crippen LogP contribution in [0.15, 0.2) is 50.4 Å². The molecule has 0 aliphatic heterocycles. The number of nitrogens with two attached hydrogens (primary N) is 1. The fourth-order valence-electron chi connectivity index (χ4n) is 5.16. The standard InChI is InChI=1S/C24H26BrN3O2/c1-13-7-14(2)21(15(3)8-13)24(4)11-17(12-24)22(27-28-23(26)29)20-10-16-9-18(25)5-6-19(16)30-20/h5-10,17H,11-12H2,1-4H3,(H3,26,28,29). The molecule has 0 atom stereocenters. The summed E-state index contributed by atoms with van der Waals surface area (Å²) in [6.07, 6.45) is 1.86. The van der Waals surface area contributed by atoms with E-state index >= 15 is 0 Å². The van der Waals surface area contributed by atoms with Crippen LogP contribution < -0.4 is 11.2 Å². The van der Waals surface area contributed by atoms with Crippen molar-refractivity contribution in [1.29, 1.82) is 0 Å². The first-order valence-electron chi connectivity index (χ1n) is 10.1. The number of amides is 2. The van der Waals surface area contributed by atoms with Crippen molar-refractivity contribution < 1.29 is 9.21 Å². The van der Waals surface area contributed by atoms with Crippen molar-refractivity contribution in [2.45, 2.75) is 46.0 Å². The zero-order valence-electron chi connectivity index (χ0n) is 17.7. The predicted octanol–water partition coefficient (Wildman–Crippen LogP) is 5.86. The first-order chi connectivity index (χ1) is 14.2. The van der Waals surface area contributed by atoms with Crippen molar-refractivity contribution in [2.24, 2.45) is 16.8 Å². The lowest BCUT2D eigenvalue weighted by Crippen LogP contribution is -2.44. The highest BCUT2D eigenvalue weighted by atomic mass is 79.9. The van der Waals surface area contributed by atoms with Crippen LogP contribution in [0.25, 0.3) is 11.0 Å². The number of aryl methyl sites for hydroxylation is 3. The van der Waals surface area contributed by atoms with Crippen molar-refractivity contribution in [3.8, 4) is 0 Å². The highest BCUT2D eigenvalue weighted by Gasteiger charge is 2.46. The third-order valence-corrected chi connectivity index (χ3v) is 6.57. The molecule has 0 radical (unpaired) electrons. The SMILES string of the molecule is Cc1cc(C)c(C2(C)CC(C(=NNC(N)=O)c3cc4cc(Br)ccc4o3)C2)c(C)c1. The number of benzene rings is 2. The van der Waals surface area contributed by atoms with Crippen LogP contribution in [0, 0.1) is 26.7 Å². The minimum Gasteiger partial charge on any atom is -0.455 e. The molecule has 5 nitrogen and oxygen atoms in total. The summed E-state index contributed by atoms with van der Waals surface area (Å²) in [5, 5.41) is 5.32. The molecule has 0 saturated heterocycles. The van der Waals surface area contributed by atoms with Gasteiger partial charge in [0.2, 0.25) is 0 Å². The molecule has 3 aromatic rings. The van der Waals surface area contributed by atoms with Crippen LogP contribution in [0.3, 0.4) is 0 Å². The summed E-state index contributed by atoms with van der Waals surface area (Å²) in [6, 6.07) is 11.7. The van der Waals surface area contributed by atoms with Gasteiger partial charge in [-0.1, -0.05) is 40.5 Å². The zero-order chi connectivity index (χ0) is 21.6. The van der Waals surface area contributed by atoms with Crippen molar-refractivity contribution in [1.82, 2.24) is 5.43 Å². The number of nitrogens with zero attached hydrogens (tertiary/aromatic N) is 1. The largest absolute Gasteiger partial charge is 0.455 e. The smallest absolute Gasteiger partial charge is 0.332 e. The summed E-state index contributed by atoms with van der Waals surface area (Å²) < 4.78 is 7.05. The second-order valence-electron chi connectivity index (χ2n) is 8.71. The molecule has 156 valence electrons. The minimum atomic E-state index is -0.682. The van der Waals surface area contributed by atoms with Crippen LogP contribution in [-0.2, 0) is 5.41 Å². The van der Waals surface area contributed by atoms with E-state index in [1.165, 1.54) is 22.3 Å². The third kappa shape index (κ3) is 3.76. The molecule has 1 saturated carbocycles. The lowest BCUT2D eigenvalue weighted by atomic mass is 9.57. The molecule has 30 heavy (non-hydrogen) atoms. The van der Waals surface area contributed by atoms with Gasteiger partial charge in [0, 0.05) is 15.8 Å². The summed E-state index contributed by atoms with van der Waals surface area (Å²) in [7, 11) is 0. The van der Waals surface area contributed by atoms with Crippen LogP contribution in [0.5, 0.6) is 0 Å². The third-order valence-electron chi connectivity index (χ3n) is 6.08. The number of carbonyl (C=O) groups is 1. The lowest BCUT2D eigenvalue weighted by Gasteiger charge is -2.47. The van der Waals surface area contributed by atoms with Gasteiger partial charge in [-0.25, -0.2) is 10.2 Å². The van der Waals surface area contributed by atoms with Gasteiger partial charge in [-0.3, -0.25) is 0 Å². The predicted molar refractivity (Wildman–Crippen MR) is 124 cm³/mol.